The lowest BCUT2D eigenvalue weighted by Gasteiger charge is -2.26. The average Bonchev–Trinajstić information content (AvgIpc) is 2.92. The molecule has 1 aliphatic carbocycles. The van der Waals surface area contributed by atoms with E-state index in [9.17, 15) is 0 Å². The molecule has 4 N–H and O–H groups in total. The van der Waals surface area contributed by atoms with Gasteiger partial charge in [-0.05, 0) is 18.2 Å². The van der Waals surface area contributed by atoms with Crippen LogP contribution in [-0.4, -0.2) is 19.7 Å². The zero-order chi connectivity index (χ0) is 16.7. The van der Waals surface area contributed by atoms with Gasteiger partial charge in [-0.25, -0.2) is 9.97 Å². The Labute approximate surface area is 139 Å². The molecule has 0 saturated carbocycles. The van der Waals surface area contributed by atoms with Crippen molar-refractivity contribution in [3.05, 3.63) is 66.3 Å². The van der Waals surface area contributed by atoms with E-state index in [0.29, 0.717) is 12.2 Å². The lowest BCUT2D eigenvalue weighted by molar-refractivity contribution is 0.509. The van der Waals surface area contributed by atoms with Gasteiger partial charge in [-0.2, -0.15) is 5.10 Å². The highest BCUT2D eigenvalue weighted by Gasteiger charge is 2.30. The van der Waals surface area contributed by atoms with Crippen LogP contribution in [0.2, 0.25) is 0 Å². The molecular weight excluding hydrogens is 300 g/mol. The van der Waals surface area contributed by atoms with Crippen LogP contribution in [0.15, 0.2) is 60.5 Å². The maximum Gasteiger partial charge on any atom is 0.153 e. The number of aromatic nitrogens is 4. The Morgan fingerprint density at radius 1 is 1.21 bits per heavy atom. The van der Waals surface area contributed by atoms with Gasteiger partial charge in [-0.15, -0.1) is 0 Å². The Balaban J connectivity index is 1.83. The summed E-state index contributed by atoms with van der Waals surface area (Å²) in [5.41, 5.74) is 15.0. The third-order valence-corrected chi connectivity index (χ3v) is 4.27. The summed E-state index contributed by atoms with van der Waals surface area (Å²) in [5.74, 6) is 0.544. The fraction of sp³-hybridized carbons (Fsp3) is 0.167. The number of aryl methyl sites for hydroxylation is 1. The number of hydrogen-bond acceptors (Lipinski definition) is 5. The summed E-state index contributed by atoms with van der Waals surface area (Å²) in [6, 6.07) is 9.92. The number of hydrogen-bond donors (Lipinski definition) is 2. The predicted molar refractivity (Wildman–Crippen MR) is 93.6 cm³/mol. The fourth-order valence-corrected chi connectivity index (χ4v) is 3.07. The molecule has 120 valence electrons. The summed E-state index contributed by atoms with van der Waals surface area (Å²) in [4.78, 5) is 9.07. The van der Waals surface area contributed by atoms with Crippen LogP contribution in [0.25, 0.3) is 22.3 Å². The molecule has 0 amide bonds. The van der Waals surface area contributed by atoms with E-state index in [0.717, 1.165) is 28.0 Å². The Bertz CT molecular complexity index is 984. The highest BCUT2D eigenvalue weighted by atomic mass is 15.3. The first-order chi connectivity index (χ1) is 11.6. The van der Waals surface area contributed by atoms with Crippen molar-refractivity contribution < 1.29 is 0 Å². The number of fused-ring (bicyclic) bond motifs is 1. The number of benzene rings is 1. The first kappa shape index (κ1) is 14.6. The van der Waals surface area contributed by atoms with Gasteiger partial charge in [0.1, 0.15) is 11.2 Å². The summed E-state index contributed by atoms with van der Waals surface area (Å²) in [6.07, 6.45) is 7.80. The molecular formula is C18H18N6. The molecule has 0 fully saturated rings. The molecule has 6 heteroatoms. The quantitative estimate of drug-likeness (QED) is 0.753. The van der Waals surface area contributed by atoms with Gasteiger partial charge in [0.05, 0.1) is 11.2 Å². The maximum atomic E-state index is 6.48. The zero-order valence-electron chi connectivity index (χ0n) is 13.3. The van der Waals surface area contributed by atoms with Crippen molar-refractivity contribution in [2.45, 2.75) is 12.0 Å². The second-order valence-electron chi connectivity index (χ2n) is 6.07. The largest absolute Gasteiger partial charge is 0.402 e. The molecule has 4 rings (SSSR count). The summed E-state index contributed by atoms with van der Waals surface area (Å²) in [5, 5.41) is 5.67. The van der Waals surface area contributed by atoms with Crippen LogP contribution in [0.1, 0.15) is 12.2 Å². The molecule has 1 aromatic carbocycles. The highest BCUT2D eigenvalue weighted by molar-refractivity contribution is 5.92. The maximum absolute atomic E-state index is 6.48. The van der Waals surface area contributed by atoms with Crippen LogP contribution in [0.5, 0.6) is 0 Å². The van der Waals surface area contributed by atoms with Crippen LogP contribution in [0.4, 0.5) is 0 Å². The van der Waals surface area contributed by atoms with E-state index in [4.69, 9.17) is 16.5 Å². The number of nitrogens with zero attached hydrogens (tertiary/aromatic N) is 4. The second-order valence-corrected chi connectivity index (χ2v) is 6.07. The zero-order valence-corrected chi connectivity index (χ0v) is 13.3. The van der Waals surface area contributed by atoms with E-state index in [1.807, 2.05) is 60.3 Å². The van der Waals surface area contributed by atoms with E-state index < -0.39 is 5.54 Å². The molecule has 1 unspecified atom stereocenters. The number of nitrogens with two attached hydrogens (primary N) is 2. The molecule has 3 aromatic rings. The second kappa shape index (κ2) is 5.28. The smallest absolute Gasteiger partial charge is 0.153 e. The van der Waals surface area contributed by atoms with Gasteiger partial charge in [-0.1, -0.05) is 30.4 Å². The van der Waals surface area contributed by atoms with Crippen LogP contribution in [0, 0.1) is 0 Å². The Kier molecular flexibility index (Phi) is 3.21. The van der Waals surface area contributed by atoms with Gasteiger partial charge < -0.3 is 11.5 Å². The summed E-state index contributed by atoms with van der Waals surface area (Å²) in [6.45, 7) is 0. The third kappa shape index (κ3) is 2.28. The standard InChI is InChI=1S/C18H18N6/c1-24-15-7-3-2-6-13(15)16(23-24)14-8-10-21-17(22-14)18(20)9-4-5-12(19)11-18/h2-10H,11,19-20H2,1H3. The van der Waals surface area contributed by atoms with E-state index in [1.165, 1.54) is 0 Å². The minimum atomic E-state index is -0.792. The number of rotatable bonds is 2. The fourth-order valence-electron chi connectivity index (χ4n) is 3.07. The Morgan fingerprint density at radius 3 is 2.88 bits per heavy atom. The van der Waals surface area contributed by atoms with Crippen LogP contribution < -0.4 is 11.5 Å². The lowest BCUT2D eigenvalue weighted by atomic mass is 9.89. The van der Waals surface area contributed by atoms with Crippen molar-refractivity contribution >= 4 is 10.9 Å². The van der Waals surface area contributed by atoms with Crippen molar-refractivity contribution in [2.24, 2.45) is 18.5 Å². The molecule has 0 bridgehead atoms. The van der Waals surface area contributed by atoms with Crippen LogP contribution in [-0.2, 0) is 12.6 Å². The molecule has 2 heterocycles. The van der Waals surface area contributed by atoms with Gasteiger partial charge >= 0.3 is 0 Å². The van der Waals surface area contributed by atoms with Crippen molar-refractivity contribution in [3.63, 3.8) is 0 Å². The first-order valence-corrected chi connectivity index (χ1v) is 7.75. The van der Waals surface area contributed by atoms with Crippen molar-refractivity contribution in [2.75, 3.05) is 0 Å². The first-order valence-electron chi connectivity index (χ1n) is 7.75. The van der Waals surface area contributed by atoms with Crippen LogP contribution >= 0.6 is 0 Å². The summed E-state index contributed by atoms with van der Waals surface area (Å²) >= 11 is 0. The SMILES string of the molecule is Cn1nc(-c2ccnc(C3(N)C=CC=C(N)C3)n2)c2ccccc21. The predicted octanol–water partition coefficient (Wildman–Crippen LogP) is 1.99. The minimum absolute atomic E-state index is 0.496. The molecule has 2 aromatic heterocycles. The van der Waals surface area contributed by atoms with Crippen molar-refractivity contribution in [1.29, 1.82) is 0 Å². The minimum Gasteiger partial charge on any atom is -0.402 e. The third-order valence-electron chi connectivity index (χ3n) is 4.27. The molecule has 0 radical (unpaired) electrons. The molecule has 1 atom stereocenters. The molecule has 6 nitrogen and oxygen atoms in total. The van der Waals surface area contributed by atoms with Crippen molar-refractivity contribution in [1.82, 2.24) is 19.7 Å². The van der Waals surface area contributed by atoms with Gasteiger partial charge in [0.25, 0.3) is 0 Å². The van der Waals surface area contributed by atoms with E-state index in [2.05, 4.69) is 10.1 Å². The van der Waals surface area contributed by atoms with E-state index in [-0.39, 0.29) is 0 Å². The van der Waals surface area contributed by atoms with Gasteiger partial charge in [0.15, 0.2) is 5.82 Å². The highest BCUT2D eigenvalue weighted by Crippen LogP contribution is 2.30. The Hall–Kier alpha value is -2.99. The lowest BCUT2D eigenvalue weighted by Crippen LogP contribution is -2.39. The molecule has 24 heavy (non-hydrogen) atoms. The van der Waals surface area contributed by atoms with Gasteiger partial charge in [0.2, 0.25) is 0 Å². The molecule has 0 saturated heterocycles. The molecule has 0 aliphatic heterocycles. The van der Waals surface area contributed by atoms with Gasteiger partial charge in [0, 0.05) is 30.7 Å². The number of allylic oxidation sites excluding steroid dienone is 2. The van der Waals surface area contributed by atoms with Crippen LogP contribution in [0.3, 0.4) is 0 Å². The number of para-hydroxylation sites is 1. The Morgan fingerprint density at radius 2 is 2.04 bits per heavy atom. The summed E-state index contributed by atoms with van der Waals surface area (Å²) in [7, 11) is 1.92. The normalized spacial score (nSPS) is 20.3. The molecule has 1 aliphatic rings. The van der Waals surface area contributed by atoms with E-state index in [1.54, 1.807) is 6.20 Å². The topological polar surface area (TPSA) is 95.6 Å². The molecule has 0 spiro atoms. The van der Waals surface area contributed by atoms with Crippen molar-refractivity contribution in [3.8, 4) is 11.4 Å². The van der Waals surface area contributed by atoms with Gasteiger partial charge in [-0.3, -0.25) is 4.68 Å². The average molecular weight is 318 g/mol. The monoisotopic (exact) mass is 318 g/mol. The van der Waals surface area contributed by atoms with E-state index >= 15 is 0 Å². The summed E-state index contributed by atoms with van der Waals surface area (Å²) < 4.78 is 1.85.